The van der Waals surface area contributed by atoms with Gasteiger partial charge in [-0.05, 0) is 111 Å². The second-order valence-electron chi connectivity index (χ2n) is 21.5. The highest BCUT2D eigenvalue weighted by atomic mass is 127. The number of fused-ring (bicyclic) bond motifs is 3. The van der Waals surface area contributed by atoms with Gasteiger partial charge >= 0.3 is 6.09 Å². The van der Waals surface area contributed by atoms with Crippen molar-refractivity contribution < 1.29 is 27.8 Å². The van der Waals surface area contributed by atoms with E-state index >= 15 is 4.39 Å². The lowest BCUT2D eigenvalue weighted by atomic mass is 9.88. The fourth-order valence-electron chi connectivity index (χ4n) is 7.31. The van der Waals surface area contributed by atoms with Crippen LogP contribution in [-0.4, -0.2) is 94.4 Å². The highest BCUT2D eigenvalue weighted by Crippen LogP contribution is 2.46. The van der Waals surface area contributed by atoms with Crippen LogP contribution in [-0.2, 0) is 25.2 Å². The number of carbonyl (C=O) groups excluding carboxylic acids is 1. The van der Waals surface area contributed by atoms with Crippen LogP contribution in [0.15, 0.2) is 24.4 Å². The van der Waals surface area contributed by atoms with E-state index in [-0.39, 0.29) is 41.6 Å². The standard InChI is InChI=1S/C43H71FIN5O5Si3/c1-42(2,3)55-41(51)49-33-17-18-34(49)24-32(23-33)38-37(45)40(48(28-52-19-21-56(7,8)9)29-53-20-22-57(10,11)12)50-39(47-38)35(26-46-50)30-15-16-31(36(44)25-30)27-54-58(13,14)43(4,5)6/h15-16,25-26,32-34H,17-24,27-29H2,1-14H3/t32-,33+,34-. The lowest BCUT2D eigenvalue weighted by Crippen LogP contribution is -2.48. The van der Waals surface area contributed by atoms with Gasteiger partial charge in [-0.15, -0.1) is 0 Å². The molecule has 0 saturated carbocycles. The Bertz CT molecular complexity index is 1870. The quantitative estimate of drug-likeness (QED) is 0.0607. The van der Waals surface area contributed by atoms with E-state index < -0.39 is 30.1 Å². The second-order valence-corrected chi connectivity index (χ2v) is 38.6. The molecule has 2 bridgehead atoms. The largest absolute Gasteiger partial charge is 0.444 e. The summed E-state index contributed by atoms with van der Waals surface area (Å²) < 4.78 is 44.0. The molecule has 4 heterocycles. The van der Waals surface area contributed by atoms with Gasteiger partial charge in [0.2, 0.25) is 0 Å². The number of carbonyl (C=O) groups is 1. The molecule has 3 aromatic rings. The van der Waals surface area contributed by atoms with E-state index in [1.165, 1.54) is 0 Å². The lowest BCUT2D eigenvalue weighted by molar-refractivity contribution is 0.00565. The molecule has 5 rings (SSSR count). The molecular weight excluding hydrogens is 897 g/mol. The Morgan fingerprint density at radius 3 is 1.98 bits per heavy atom. The molecule has 1 amide bonds. The third-order valence-electron chi connectivity index (χ3n) is 11.9. The van der Waals surface area contributed by atoms with Gasteiger partial charge in [0.05, 0.1) is 22.1 Å². The summed E-state index contributed by atoms with van der Waals surface area (Å²) in [5, 5.41) is 4.98. The summed E-state index contributed by atoms with van der Waals surface area (Å²) in [6, 6.07) is 7.64. The zero-order valence-corrected chi connectivity index (χ0v) is 43.0. The molecule has 2 aliphatic heterocycles. The van der Waals surface area contributed by atoms with E-state index in [1.54, 1.807) is 12.3 Å². The van der Waals surface area contributed by atoms with E-state index in [0.717, 1.165) is 58.4 Å². The first-order valence-electron chi connectivity index (χ1n) is 21.2. The molecule has 0 spiro atoms. The topological polar surface area (TPSA) is 90.7 Å². The summed E-state index contributed by atoms with van der Waals surface area (Å²) in [5.41, 5.74) is 3.07. The molecule has 2 aromatic heterocycles. The average Bonchev–Trinajstić information content (AvgIpc) is 3.62. The molecule has 2 saturated heterocycles. The molecule has 3 atom stereocenters. The minimum Gasteiger partial charge on any atom is -0.444 e. The molecule has 0 radical (unpaired) electrons. The Morgan fingerprint density at radius 1 is 0.914 bits per heavy atom. The van der Waals surface area contributed by atoms with Crippen LogP contribution in [0.1, 0.15) is 84.4 Å². The summed E-state index contributed by atoms with van der Waals surface area (Å²) in [4.78, 5) is 23.0. The first kappa shape index (κ1) is 47.2. The molecule has 324 valence electrons. The van der Waals surface area contributed by atoms with Gasteiger partial charge in [0, 0.05) is 58.5 Å². The van der Waals surface area contributed by atoms with Crippen molar-refractivity contribution in [3.63, 3.8) is 0 Å². The minimum absolute atomic E-state index is 0.0254. The summed E-state index contributed by atoms with van der Waals surface area (Å²) in [6.45, 7) is 33.1. The molecular formula is C43H71FIN5O5Si3. The van der Waals surface area contributed by atoms with Crippen LogP contribution in [0.2, 0.25) is 69.5 Å². The summed E-state index contributed by atoms with van der Waals surface area (Å²) >= 11 is 2.44. The van der Waals surface area contributed by atoms with Crippen molar-refractivity contribution >= 4 is 64.6 Å². The fraction of sp³-hybridized carbons (Fsp3) is 0.698. The minimum atomic E-state index is -2.07. The van der Waals surface area contributed by atoms with Crippen LogP contribution in [0.5, 0.6) is 0 Å². The zero-order chi connectivity index (χ0) is 43.0. The molecule has 0 aliphatic carbocycles. The molecule has 58 heavy (non-hydrogen) atoms. The summed E-state index contributed by atoms with van der Waals surface area (Å²) in [7, 11) is -4.71. The number of halogens is 2. The van der Waals surface area contributed by atoms with Gasteiger partial charge in [0.1, 0.15) is 24.9 Å². The zero-order valence-electron chi connectivity index (χ0n) is 37.9. The first-order valence-corrected chi connectivity index (χ1v) is 32.6. The number of hydrogen-bond acceptors (Lipinski definition) is 8. The number of aromatic nitrogens is 3. The van der Waals surface area contributed by atoms with Crippen molar-refractivity contribution in [3.05, 3.63) is 45.0 Å². The van der Waals surface area contributed by atoms with Crippen molar-refractivity contribution in [2.75, 3.05) is 31.6 Å². The van der Waals surface area contributed by atoms with E-state index in [9.17, 15) is 4.79 Å². The third kappa shape index (κ3) is 11.9. The molecule has 10 nitrogen and oxygen atoms in total. The van der Waals surface area contributed by atoms with Crippen LogP contribution < -0.4 is 4.90 Å². The van der Waals surface area contributed by atoms with Crippen LogP contribution in [0.4, 0.5) is 15.0 Å². The maximum Gasteiger partial charge on any atom is 0.410 e. The molecule has 1 aromatic carbocycles. The molecule has 2 aliphatic rings. The number of ether oxygens (including phenoxy) is 3. The SMILES string of the molecule is CC(C)(C)OC(=O)N1[C@@H]2CC[C@H]1C[C@@H](c1nc3c(-c4ccc(CO[Si](C)(C)C(C)(C)C)c(F)c4)cnn3c(N(COCC[Si](C)(C)C)COCC[Si](C)(C)C)c1I)C2. The lowest BCUT2D eigenvalue weighted by Gasteiger charge is -2.39. The number of anilines is 1. The van der Waals surface area contributed by atoms with Gasteiger partial charge in [0.15, 0.2) is 19.8 Å². The Morgan fingerprint density at radius 2 is 1.48 bits per heavy atom. The number of piperidine rings is 1. The van der Waals surface area contributed by atoms with Crippen molar-refractivity contribution in [1.82, 2.24) is 19.5 Å². The van der Waals surface area contributed by atoms with Crippen molar-refractivity contribution in [2.24, 2.45) is 0 Å². The number of nitrogens with zero attached hydrogens (tertiary/aromatic N) is 5. The van der Waals surface area contributed by atoms with E-state index in [1.807, 2.05) is 42.3 Å². The highest BCUT2D eigenvalue weighted by Gasteiger charge is 2.46. The Kier molecular flexibility index (Phi) is 14.8. The van der Waals surface area contributed by atoms with Gasteiger partial charge in [-0.25, -0.2) is 14.2 Å². The fourth-order valence-corrected chi connectivity index (χ4v) is 10.9. The second kappa shape index (κ2) is 18.2. The Hall–Kier alpha value is -1.90. The molecule has 0 unspecified atom stereocenters. The van der Waals surface area contributed by atoms with Gasteiger partial charge in [-0.1, -0.05) is 72.2 Å². The van der Waals surface area contributed by atoms with Gasteiger partial charge in [-0.2, -0.15) is 9.61 Å². The van der Waals surface area contributed by atoms with Gasteiger partial charge in [0.25, 0.3) is 0 Å². The van der Waals surface area contributed by atoms with Gasteiger partial charge < -0.3 is 28.4 Å². The van der Waals surface area contributed by atoms with Crippen LogP contribution in [0.25, 0.3) is 16.8 Å². The van der Waals surface area contributed by atoms with Crippen LogP contribution >= 0.6 is 22.6 Å². The van der Waals surface area contributed by atoms with Crippen molar-refractivity contribution in [2.45, 2.75) is 167 Å². The van der Waals surface area contributed by atoms with Crippen molar-refractivity contribution in [1.29, 1.82) is 0 Å². The normalized spacial score (nSPS) is 19.3. The Balaban J connectivity index is 1.56. The maximum absolute atomic E-state index is 16.0. The van der Waals surface area contributed by atoms with Crippen molar-refractivity contribution in [3.8, 4) is 11.1 Å². The third-order valence-corrected chi connectivity index (χ3v) is 20.8. The van der Waals surface area contributed by atoms with E-state index in [4.69, 9.17) is 28.7 Å². The van der Waals surface area contributed by atoms with Gasteiger partial charge in [-0.3, -0.25) is 0 Å². The first-order chi connectivity index (χ1) is 26.7. The Labute approximate surface area is 364 Å². The highest BCUT2D eigenvalue weighted by molar-refractivity contribution is 14.1. The number of amides is 1. The molecule has 2 fully saturated rings. The molecule has 15 heteroatoms. The summed E-state index contributed by atoms with van der Waals surface area (Å²) in [6.07, 6.45) is 5.03. The predicted molar refractivity (Wildman–Crippen MR) is 250 cm³/mol. The van der Waals surface area contributed by atoms with Crippen LogP contribution in [0.3, 0.4) is 0 Å². The van der Waals surface area contributed by atoms with E-state index in [0.29, 0.717) is 43.4 Å². The average molecular weight is 968 g/mol. The number of rotatable bonds is 16. The summed E-state index contributed by atoms with van der Waals surface area (Å²) in [5.74, 6) is 0.652. The number of benzene rings is 1. The monoisotopic (exact) mass is 967 g/mol. The number of hydrogen-bond donors (Lipinski definition) is 0. The molecule has 0 N–H and O–H groups in total. The van der Waals surface area contributed by atoms with Crippen LogP contribution in [0, 0.1) is 9.39 Å². The maximum atomic E-state index is 16.0. The van der Waals surface area contributed by atoms with E-state index in [2.05, 4.69) is 101 Å². The predicted octanol–water partition coefficient (Wildman–Crippen LogP) is 11.7. The smallest absolute Gasteiger partial charge is 0.410 e.